The number of fused-ring (bicyclic) bond motifs is 9. The molecular formula is C89H136N4O10. The number of benzene rings is 3. The van der Waals surface area contributed by atoms with Crippen LogP contribution in [0, 0.1) is 17.8 Å². The Labute approximate surface area is 621 Å². The number of piperazine rings is 1. The first-order chi connectivity index (χ1) is 48.8. The molecule has 6 aliphatic heterocycles. The van der Waals surface area contributed by atoms with Crippen molar-refractivity contribution in [2.24, 2.45) is 17.8 Å². The van der Waals surface area contributed by atoms with Crippen molar-refractivity contribution in [2.75, 3.05) is 52.4 Å². The van der Waals surface area contributed by atoms with Gasteiger partial charge in [0.25, 0.3) is 0 Å². The molecule has 9 aliphatic rings. The summed E-state index contributed by atoms with van der Waals surface area (Å²) in [6.45, 7) is 40.5. The number of hydrogen-bond acceptors (Lipinski definition) is 11. The summed E-state index contributed by atoms with van der Waals surface area (Å²) < 4.78 is 19.6. The van der Waals surface area contributed by atoms with E-state index in [1.807, 2.05) is 34.1 Å². The molecule has 6 atom stereocenters. The first kappa shape index (κ1) is 81.1. The highest BCUT2D eigenvalue weighted by Crippen LogP contribution is 2.59. The minimum atomic E-state index is -0.862. The smallest absolute Gasteiger partial charge is 0.331 e. The van der Waals surface area contributed by atoms with Crippen molar-refractivity contribution in [3.63, 3.8) is 0 Å². The van der Waals surface area contributed by atoms with E-state index < -0.39 is 11.6 Å². The molecule has 3 aromatic carbocycles. The van der Waals surface area contributed by atoms with Crippen LogP contribution in [0.3, 0.4) is 0 Å². The zero-order chi connectivity index (χ0) is 74.7. The van der Waals surface area contributed by atoms with Crippen molar-refractivity contribution in [1.82, 2.24) is 20.4 Å². The van der Waals surface area contributed by atoms with Gasteiger partial charge in [0.1, 0.15) is 51.3 Å². The van der Waals surface area contributed by atoms with E-state index in [0.717, 1.165) is 146 Å². The van der Waals surface area contributed by atoms with Crippen molar-refractivity contribution < 1.29 is 49.0 Å². The predicted molar refractivity (Wildman–Crippen MR) is 419 cm³/mol. The summed E-state index contributed by atoms with van der Waals surface area (Å²) in [6.07, 6.45) is 35.9. The number of allylic oxidation sites excluding steroid dienone is 3. The highest BCUT2D eigenvalue weighted by molar-refractivity contribution is 5.94. The van der Waals surface area contributed by atoms with Crippen LogP contribution in [0.4, 0.5) is 0 Å². The number of carbonyl (C=O) groups excluding carboxylic acids is 2. The fraction of sp³-hybridized carbons (Fsp3) is 0.697. The van der Waals surface area contributed by atoms with Gasteiger partial charge in [-0.3, -0.25) is 9.59 Å². The lowest BCUT2D eigenvalue weighted by atomic mass is 9.66. The molecule has 6 N–H and O–H groups in total. The lowest BCUT2D eigenvalue weighted by Gasteiger charge is -2.47. The lowest BCUT2D eigenvalue weighted by Crippen LogP contribution is -2.49. The molecule has 3 aliphatic carbocycles. The molecule has 103 heavy (non-hydrogen) atoms. The van der Waals surface area contributed by atoms with Crippen LogP contribution in [-0.4, -0.2) is 117 Å². The summed E-state index contributed by atoms with van der Waals surface area (Å²) in [5, 5.41) is 49.7. The van der Waals surface area contributed by atoms with Gasteiger partial charge >= 0.3 is 5.97 Å². The fourth-order valence-electron chi connectivity index (χ4n) is 18.5. The Bertz CT molecular complexity index is 3300. The number of likely N-dealkylation sites (tertiary alicyclic amines) is 1. The molecule has 572 valence electrons. The SMILES string of the molecule is C1CCNCC1.CCCCCCC(C)(C)c1cc(O)c2c(c1)OC(C)(C)[C@@H]1CC=C(C(=O)N3CCCCC3)C[C@@H]21.CCCCCCC(C)(C)c1cc(O)c2c(c1)OC(C)(C)[C@@H]1CC=C(C(=O)N3CCNCC3)C[C@@H]21.CCCCCCC(C)(C)c1cc(O)c2c(c1)OC(C)(C)[C@@H]1CC=C(C(=O)O)C[C@@H]21. The number of carboxylic acid groups (broad SMARTS) is 1. The maximum absolute atomic E-state index is 13.3. The number of amides is 2. The van der Waals surface area contributed by atoms with Gasteiger partial charge in [0.2, 0.25) is 11.8 Å². The minimum Gasteiger partial charge on any atom is -0.508 e. The molecule has 3 aromatic rings. The molecule has 0 spiro atoms. The van der Waals surface area contributed by atoms with Crippen molar-refractivity contribution in [3.05, 3.63) is 105 Å². The van der Waals surface area contributed by atoms with Gasteiger partial charge in [-0.2, -0.15) is 0 Å². The van der Waals surface area contributed by atoms with Crippen molar-refractivity contribution in [1.29, 1.82) is 0 Å². The molecule has 0 bridgehead atoms. The summed E-state index contributed by atoms with van der Waals surface area (Å²) in [5.74, 6) is 3.55. The van der Waals surface area contributed by atoms with Crippen LogP contribution in [0.25, 0.3) is 0 Å². The number of ether oxygens (including phenoxy) is 3. The van der Waals surface area contributed by atoms with Crippen LogP contribution in [-0.2, 0) is 30.6 Å². The largest absolute Gasteiger partial charge is 0.508 e. The molecule has 0 unspecified atom stereocenters. The van der Waals surface area contributed by atoms with Crippen molar-refractivity contribution >= 4 is 17.8 Å². The molecule has 0 radical (unpaired) electrons. The number of nitrogens with one attached hydrogen (secondary N) is 2. The van der Waals surface area contributed by atoms with Crippen molar-refractivity contribution in [2.45, 2.75) is 328 Å². The topological polar surface area (TPSA) is 190 Å². The summed E-state index contributed by atoms with van der Waals surface area (Å²) >= 11 is 0. The molecule has 3 saturated heterocycles. The van der Waals surface area contributed by atoms with E-state index in [1.54, 1.807) is 0 Å². The fourth-order valence-corrected chi connectivity index (χ4v) is 18.5. The third-order valence-corrected chi connectivity index (χ3v) is 25.3. The molecule has 12 rings (SSSR count). The van der Waals surface area contributed by atoms with Crippen LogP contribution in [0.2, 0.25) is 0 Å². The first-order valence-corrected chi connectivity index (χ1v) is 40.8. The van der Waals surface area contributed by atoms with E-state index in [2.05, 4.69) is 145 Å². The number of aromatic hydroxyl groups is 3. The Morgan fingerprint density at radius 2 is 0.738 bits per heavy atom. The average Bonchev–Trinajstić information content (AvgIpc) is 0.744. The standard InChI is InChI=1S/C30H45NO3.C29H44N2O3.C25H36O4.C5H11N/c1-6-7-8-10-15-29(2,3)22-19-25(32)27-23-18-21(28(33)31-16-11-9-12-17-31)13-14-24(23)30(4,5)34-26(27)20-22;1-6-7-8-9-12-28(2,3)21-18-24(32)26-22-17-20(27(33)31-15-13-30-14-16-31)10-11-23(22)29(4,5)34-25(26)19-21;1-6-7-8-9-12-24(2,3)17-14-20(26)22-18-13-16(23(27)28)10-11-19(18)25(4,5)29-21(22)15-17;1-2-4-6-5-3-1/h13,19-20,23-24,32H,6-12,14-18H2,1-5H3;10,18-19,22-23,30,32H,6-9,11-17H2,1-5H3;10,14-15,18-19,26H,6-9,11-13H2,1-5H3,(H,27,28);6H,1-5H2/t23-,24-;22-,23-;18-,19-;/m111./s1. The molecule has 14 nitrogen and oxygen atoms in total. The van der Waals surface area contributed by atoms with E-state index in [1.165, 1.54) is 116 Å². The minimum absolute atomic E-state index is 0.0214. The Balaban J connectivity index is 0.000000172. The molecule has 0 saturated carbocycles. The third-order valence-electron chi connectivity index (χ3n) is 25.3. The Hall–Kier alpha value is -5.99. The van der Waals surface area contributed by atoms with Gasteiger partial charge in [0.05, 0.1) is 0 Å². The van der Waals surface area contributed by atoms with Crippen molar-refractivity contribution in [3.8, 4) is 34.5 Å². The number of piperidine rings is 2. The van der Waals surface area contributed by atoms with Gasteiger partial charge in [-0.1, -0.05) is 164 Å². The Morgan fingerprint density at radius 3 is 1.05 bits per heavy atom. The number of nitrogens with zero attached hydrogens (tertiary/aromatic N) is 2. The first-order valence-electron chi connectivity index (χ1n) is 40.8. The second-order valence-electron chi connectivity index (χ2n) is 35.6. The van der Waals surface area contributed by atoms with Gasteiger partial charge in [-0.25, -0.2) is 4.79 Å². The van der Waals surface area contributed by atoms with Crippen LogP contribution >= 0.6 is 0 Å². The lowest BCUT2D eigenvalue weighted by molar-refractivity contribution is -0.133. The van der Waals surface area contributed by atoms with Crippen LogP contribution < -0.4 is 24.8 Å². The molecule has 2 amide bonds. The highest BCUT2D eigenvalue weighted by Gasteiger charge is 2.51. The number of carbonyl (C=O) groups is 3. The monoisotopic (exact) mass is 1420 g/mol. The van der Waals surface area contributed by atoms with Gasteiger partial charge < -0.3 is 55.1 Å². The highest BCUT2D eigenvalue weighted by atomic mass is 16.5. The van der Waals surface area contributed by atoms with E-state index in [-0.39, 0.29) is 80.5 Å². The summed E-state index contributed by atoms with van der Waals surface area (Å²) in [5.41, 5.74) is 7.01. The number of hydrogen-bond donors (Lipinski definition) is 6. The number of phenolic OH excluding ortho intramolecular Hbond substituents is 3. The molecular weight excluding hydrogens is 1280 g/mol. The number of rotatable bonds is 21. The summed E-state index contributed by atoms with van der Waals surface area (Å²) in [7, 11) is 0. The molecule has 14 heteroatoms. The summed E-state index contributed by atoms with van der Waals surface area (Å²) in [6, 6.07) is 12.3. The number of aliphatic carboxylic acids is 1. The average molecular weight is 1420 g/mol. The number of unbranched alkanes of at least 4 members (excludes halogenated alkanes) is 9. The third kappa shape index (κ3) is 19.8. The van der Waals surface area contributed by atoms with Gasteiger partial charge in [-0.05, 0) is 214 Å². The molecule has 3 fully saturated rings. The van der Waals surface area contributed by atoms with E-state index in [0.29, 0.717) is 42.8 Å². The molecule has 6 heterocycles. The Morgan fingerprint density at radius 1 is 0.427 bits per heavy atom. The second kappa shape index (κ2) is 35.2. The van der Waals surface area contributed by atoms with Crippen LogP contribution in [0.15, 0.2) is 71.3 Å². The van der Waals surface area contributed by atoms with Crippen LogP contribution in [0.5, 0.6) is 34.5 Å². The maximum atomic E-state index is 13.3. The predicted octanol–water partition coefficient (Wildman–Crippen LogP) is 20.0. The number of phenols is 3. The summed E-state index contributed by atoms with van der Waals surface area (Å²) in [4.78, 5) is 42.1. The van der Waals surface area contributed by atoms with E-state index in [4.69, 9.17) is 14.2 Å². The number of carboxylic acids is 1. The van der Waals surface area contributed by atoms with Gasteiger partial charge in [0, 0.05) is 108 Å². The van der Waals surface area contributed by atoms with Crippen LogP contribution in [0.1, 0.15) is 328 Å². The van der Waals surface area contributed by atoms with Gasteiger partial charge in [-0.15, -0.1) is 0 Å². The maximum Gasteiger partial charge on any atom is 0.331 e. The van der Waals surface area contributed by atoms with E-state index in [9.17, 15) is 34.8 Å². The zero-order valence-corrected chi connectivity index (χ0v) is 66.5. The molecule has 0 aromatic heterocycles. The second-order valence-corrected chi connectivity index (χ2v) is 35.6. The quantitative estimate of drug-likeness (QED) is 0.0554. The van der Waals surface area contributed by atoms with E-state index >= 15 is 0 Å². The zero-order valence-electron chi connectivity index (χ0n) is 66.5. The van der Waals surface area contributed by atoms with Gasteiger partial charge in [0.15, 0.2) is 0 Å². The Kier molecular flexibility index (Phi) is 27.7. The normalized spacial score (nSPS) is 23.7.